The molecule has 2 rings (SSSR count). The third-order valence-electron chi connectivity index (χ3n) is 3.03. The lowest BCUT2D eigenvalue weighted by atomic mass is 10.2. The number of thioether (sulfide) groups is 1. The van der Waals surface area contributed by atoms with Crippen molar-refractivity contribution in [3.05, 3.63) is 57.5 Å². The van der Waals surface area contributed by atoms with Crippen LogP contribution in [-0.4, -0.2) is 12.9 Å². The van der Waals surface area contributed by atoms with Gasteiger partial charge in [0.05, 0.1) is 3.39 Å². The normalized spacial score (nSPS) is 11.1. The maximum atomic E-state index is 13.3. The SMILES string of the molecule is CSc1ccc(Oc2ccc(OCC=C(Br)Br)c(C(F)(F)F)c2)cc1. The largest absolute Gasteiger partial charge is 0.489 e. The highest BCUT2D eigenvalue weighted by molar-refractivity contribution is 9.28. The molecule has 2 nitrogen and oxygen atoms in total. The molecule has 0 aliphatic carbocycles. The summed E-state index contributed by atoms with van der Waals surface area (Å²) in [5.41, 5.74) is -0.884. The van der Waals surface area contributed by atoms with E-state index in [4.69, 9.17) is 9.47 Å². The summed E-state index contributed by atoms with van der Waals surface area (Å²) in [4.78, 5) is 1.04. The Morgan fingerprint density at radius 1 is 1.08 bits per heavy atom. The molecule has 0 saturated carbocycles. The molecule has 0 atom stereocenters. The zero-order valence-corrected chi connectivity index (χ0v) is 16.9. The van der Waals surface area contributed by atoms with Crippen LogP contribution in [0.2, 0.25) is 0 Å². The van der Waals surface area contributed by atoms with Gasteiger partial charge in [-0.05, 0) is 86.7 Å². The van der Waals surface area contributed by atoms with Crippen LogP contribution in [0, 0.1) is 0 Å². The zero-order valence-electron chi connectivity index (χ0n) is 12.9. The molecule has 0 unspecified atom stereocenters. The van der Waals surface area contributed by atoms with Gasteiger partial charge in [0.2, 0.25) is 0 Å². The average Bonchev–Trinajstić information content (AvgIpc) is 2.55. The van der Waals surface area contributed by atoms with Gasteiger partial charge in [0, 0.05) is 4.90 Å². The lowest BCUT2D eigenvalue weighted by Crippen LogP contribution is -2.09. The summed E-state index contributed by atoms with van der Waals surface area (Å²) in [7, 11) is 0. The number of hydrogen-bond acceptors (Lipinski definition) is 3. The van der Waals surface area contributed by atoms with Crippen molar-refractivity contribution in [3.63, 3.8) is 0 Å². The summed E-state index contributed by atoms with van der Waals surface area (Å²) in [5, 5.41) is 0. The summed E-state index contributed by atoms with van der Waals surface area (Å²) >= 11 is 7.81. The molecule has 0 spiro atoms. The number of halogens is 5. The molecule has 2 aromatic carbocycles. The average molecular weight is 498 g/mol. The molecule has 0 bridgehead atoms. The highest BCUT2D eigenvalue weighted by Gasteiger charge is 2.35. The van der Waals surface area contributed by atoms with E-state index in [2.05, 4.69) is 31.9 Å². The summed E-state index contributed by atoms with van der Waals surface area (Å²) in [6.07, 6.45) is -1.06. The molecule has 0 aliphatic rings. The maximum absolute atomic E-state index is 13.3. The van der Waals surface area contributed by atoms with Gasteiger partial charge in [-0.15, -0.1) is 11.8 Å². The predicted octanol–water partition coefficient (Wildman–Crippen LogP) is 7.23. The second kappa shape index (κ2) is 9.00. The Balaban J connectivity index is 2.23. The third kappa shape index (κ3) is 6.27. The van der Waals surface area contributed by atoms with Crippen molar-refractivity contribution in [3.8, 4) is 17.2 Å². The van der Waals surface area contributed by atoms with E-state index in [9.17, 15) is 13.2 Å². The van der Waals surface area contributed by atoms with Gasteiger partial charge in [-0.2, -0.15) is 13.2 Å². The van der Waals surface area contributed by atoms with E-state index < -0.39 is 11.7 Å². The van der Waals surface area contributed by atoms with Crippen molar-refractivity contribution < 1.29 is 22.6 Å². The van der Waals surface area contributed by atoms with Crippen molar-refractivity contribution in [2.75, 3.05) is 12.9 Å². The molecule has 25 heavy (non-hydrogen) atoms. The minimum Gasteiger partial charge on any atom is -0.489 e. The first-order chi connectivity index (χ1) is 11.8. The van der Waals surface area contributed by atoms with Crippen molar-refractivity contribution in [2.45, 2.75) is 11.1 Å². The maximum Gasteiger partial charge on any atom is 0.420 e. The Morgan fingerprint density at radius 2 is 1.72 bits per heavy atom. The van der Waals surface area contributed by atoms with Crippen LogP contribution >= 0.6 is 43.6 Å². The van der Waals surface area contributed by atoms with Gasteiger partial charge in [0.25, 0.3) is 0 Å². The van der Waals surface area contributed by atoms with Crippen LogP contribution in [0.5, 0.6) is 17.2 Å². The monoisotopic (exact) mass is 496 g/mol. The highest BCUT2D eigenvalue weighted by Crippen LogP contribution is 2.39. The lowest BCUT2D eigenvalue weighted by molar-refractivity contribution is -0.138. The van der Waals surface area contributed by atoms with Crippen molar-refractivity contribution in [2.24, 2.45) is 0 Å². The number of alkyl halides is 3. The second-order valence-electron chi connectivity index (χ2n) is 4.74. The van der Waals surface area contributed by atoms with Gasteiger partial charge < -0.3 is 9.47 Å². The first-order valence-electron chi connectivity index (χ1n) is 6.96. The Hall–Kier alpha value is -1.12. The first-order valence-corrected chi connectivity index (χ1v) is 9.78. The van der Waals surface area contributed by atoms with Crippen LogP contribution in [0.15, 0.2) is 56.8 Å². The van der Waals surface area contributed by atoms with Crippen LogP contribution < -0.4 is 9.47 Å². The molecular weight excluding hydrogens is 485 g/mol. The van der Waals surface area contributed by atoms with Gasteiger partial charge in [-0.25, -0.2) is 0 Å². The molecule has 0 heterocycles. The number of rotatable bonds is 6. The van der Waals surface area contributed by atoms with Gasteiger partial charge in [-0.3, -0.25) is 0 Å². The summed E-state index contributed by atoms with van der Waals surface area (Å²) in [5.74, 6) is 0.301. The topological polar surface area (TPSA) is 18.5 Å². The standard InChI is InChI=1S/C17H13Br2F3O2S/c1-25-13-5-2-11(3-6-13)24-12-4-7-15(23-9-8-16(18)19)14(10-12)17(20,21)22/h2-8,10H,9H2,1H3. The van der Waals surface area contributed by atoms with E-state index >= 15 is 0 Å². The lowest BCUT2D eigenvalue weighted by Gasteiger charge is -2.15. The molecule has 134 valence electrons. The number of ether oxygens (including phenoxy) is 2. The summed E-state index contributed by atoms with van der Waals surface area (Å²) in [6, 6.07) is 10.7. The molecule has 0 aromatic heterocycles. The molecule has 8 heteroatoms. The number of benzene rings is 2. The van der Waals surface area contributed by atoms with E-state index in [1.807, 2.05) is 18.4 Å². The van der Waals surface area contributed by atoms with Crippen molar-refractivity contribution in [1.82, 2.24) is 0 Å². The molecule has 0 amide bonds. The quantitative estimate of drug-likeness (QED) is 0.392. The van der Waals surface area contributed by atoms with Crippen molar-refractivity contribution >= 4 is 43.6 Å². The Labute approximate surface area is 164 Å². The third-order valence-corrected chi connectivity index (χ3v) is 4.42. The van der Waals surface area contributed by atoms with Crippen LogP contribution in [0.25, 0.3) is 0 Å². The van der Waals surface area contributed by atoms with Crippen LogP contribution in [-0.2, 0) is 6.18 Å². The molecule has 0 aliphatic heterocycles. The zero-order chi connectivity index (χ0) is 18.4. The smallest absolute Gasteiger partial charge is 0.420 e. The minimum atomic E-state index is -4.55. The van der Waals surface area contributed by atoms with Gasteiger partial charge in [0.15, 0.2) is 0 Å². The van der Waals surface area contributed by atoms with E-state index in [-0.39, 0.29) is 18.1 Å². The van der Waals surface area contributed by atoms with Gasteiger partial charge >= 0.3 is 6.18 Å². The fourth-order valence-corrected chi connectivity index (χ4v) is 2.57. The van der Waals surface area contributed by atoms with E-state index in [1.165, 1.54) is 12.1 Å². The van der Waals surface area contributed by atoms with E-state index in [1.54, 1.807) is 30.0 Å². The van der Waals surface area contributed by atoms with Gasteiger partial charge in [-0.1, -0.05) is 0 Å². The van der Waals surface area contributed by atoms with Crippen molar-refractivity contribution in [1.29, 1.82) is 0 Å². The molecule has 0 saturated heterocycles. The first kappa shape index (κ1) is 20.2. The van der Waals surface area contributed by atoms with Gasteiger partial charge in [0.1, 0.15) is 29.4 Å². The highest BCUT2D eigenvalue weighted by atomic mass is 79.9. The molecule has 0 N–H and O–H groups in total. The summed E-state index contributed by atoms with van der Waals surface area (Å²) in [6.45, 7) is -0.00867. The van der Waals surface area contributed by atoms with Crippen LogP contribution in [0.4, 0.5) is 13.2 Å². The van der Waals surface area contributed by atoms with E-state index in [0.29, 0.717) is 9.14 Å². The summed E-state index contributed by atoms with van der Waals surface area (Å²) < 4.78 is 51.2. The second-order valence-corrected chi connectivity index (χ2v) is 8.39. The minimum absolute atomic E-state index is 0.00867. The Morgan fingerprint density at radius 3 is 2.28 bits per heavy atom. The molecular formula is C17H13Br2F3O2S. The molecule has 0 radical (unpaired) electrons. The van der Waals surface area contributed by atoms with Crippen LogP contribution in [0.1, 0.15) is 5.56 Å². The Bertz CT molecular complexity index is 743. The van der Waals surface area contributed by atoms with Crippen LogP contribution in [0.3, 0.4) is 0 Å². The fourth-order valence-electron chi connectivity index (χ4n) is 1.89. The Kier molecular flexibility index (Phi) is 7.27. The molecule has 0 fully saturated rings. The fraction of sp³-hybridized carbons (Fsp3) is 0.176. The number of hydrogen-bond donors (Lipinski definition) is 0. The van der Waals surface area contributed by atoms with E-state index in [0.717, 1.165) is 11.0 Å². The predicted molar refractivity (Wildman–Crippen MR) is 101 cm³/mol. The molecule has 2 aromatic rings.